The summed E-state index contributed by atoms with van der Waals surface area (Å²) < 4.78 is 31.6. The maximum absolute atomic E-state index is 11.2. The molecule has 0 heterocycles. The van der Waals surface area contributed by atoms with E-state index < -0.39 is 21.4 Å². The maximum atomic E-state index is 11.2. The van der Waals surface area contributed by atoms with Crippen LogP contribution in [0.1, 0.15) is 39.0 Å². The predicted molar refractivity (Wildman–Crippen MR) is 56.3 cm³/mol. The van der Waals surface area contributed by atoms with Gasteiger partial charge in [-0.25, -0.2) is 5.48 Å². The van der Waals surface area contributed by atoms with Crippen LogP contribution >= 0.6 is 0 Å². The molecule has 0 aromatic heterocycles. The van der Waals surface area contributed by atoms with Crippen LogP contribution in [0, 0.1) is 5.92 Å². The van der Waals surface area contributed by atoms with Gasteiger partial charge in [0.15, 0.2) is 0 Å². The molecule has 1 saturated carbocycles. The summed E-state index contributed by atoms with van der Waals surface area (Å²) in [5, 5.41) is 7.87. The minimum Gasteiger partial charge on any atom is -0.317 e. The number of nitrogens with one attached hydrogen (secondary N) is 1. The minimum atomic E-state index is -4.10. The normalized spacial score (nSPS) is 23.7. The molecular weight excluding hydrogens is 218 g/mol. The lowest BCUT2D eigenvalue weighted by atomic mass is 9.85. The zero-order chi connectivity index (χ0) is 11.5. The lowest BCUT2D eigenvalue weighted by Gasteiger charge is -2.31. The van der Waals surface area contributed by atoms with E-state index in [-0.39, 0.29) is 5.92 Å². The van der Waals surface area contributed by atoms with Gasteiger partial charge < -0.3 is 5.21 Å². The quantitative estimate of drug-likeness (QED) is 0.505. The molecule has 0 amide bonds. The molecule has 0 radical (unpaired) electrons. The van der Waals surface area contributed by atoms with Gasteiger partial charge in [0.25, 0.3) is 10.1 Å². The highest BCUT2D eigenvalue weighted by Crippen LogP contribution is 2.31. The summed E-state index contributed by atoms with van der Waals surface area (Å²) in [6.07, 6.45) is 4.71. The average molecular weight is 237 g/mol. The predicted octanol–water partition coefficient (Wildman–Crippen LogP) is 1.19. The number of hydroxylamine groups is 1. The Morgan fingerprint density at radius 1 is 1.27 bits per heavy atom. The van der Waals surface area contributed by atoms with Crippen LogP contribution in [-0.2, 0) is 10.1 Å². The minimum absolute atomic E-state index is 0.0524. The van der Waals surface area contributed by atoms with Crippen molar-refractivity contribution in [1.82, 2.24) is 5.48 Å². The molecule has 15 heavy (non-hydrogen) atoms. The van der Waals surface area contributed by atoms with Crippen molar-refractivity contribution in [2.24, 2.45) is 5.92 Å². The Kier molecular flexibility index (Phi) is 4.51. The summed E-state index contributed by atoms with van der Waals surface area (Å²) in [5.41, 5.74) is 1.93. The summed E-state index contributed by atoms with van der Waals surface area (Å²) in [7, 11) is -4.10. The molecule has 0 bridgehead atoms. The van der Waals surface area contributed by atoms with E-state index in [9.17, 15) is 8.42 Å². The highest BCUT2D eigenvalue weighted by Gasteiger charge is 2.37. The van der Waals surface area contributed by atoms with Crippen LogP contribution in [0.3, 0.4) is 0 Å². The summed E-state index contributed by atoms with van der Waals surface area (Å²) in [6, 6.07) is -0.636. The Labute approximate surface area is 90.6 Å². The third-order valence-electron chi connectivity index (χ3n) is 3.15. The molecule has 0 aliphatic heterocycles. The fourth-order valence-electron chi connectivity index (χ4n) is 2.45. The van der Waals surface area contributed by atoms with E-state index in [4.69, 9.17) is 9.76 Å². The van der Waals surface area contributed by atoms with Crippen molar-refractivity contribution in [2.45, 2.75) is 50.3 Å². The first-order valence-electron chi connectivity index (χ1n) is 5.32. The second-order valence-corrected chi connectivity index (χ2v) is 5.87. The lowest BCUT2D eigenvalue weighted by molar-refractivity contribution is 0.115. The number of rotatable bonds is 4. The van der Waals surface area contributed by atoms with Crippen LogP contribution in [0.25, 0.3) is 0 Å². The van der Waals surface area contributed by atoms with Gasteiger partial charge in [0.1, 0.15) is 5.25 Å². The Morgan fingerprint density at radius 3 is 2.20 bits per heavy atom. The van der Waals surface area contributed by atoms with Crippen LogP contribution < -0.4 is 5.48 Å². The van der Waals surface area contributed by atoms with Crippen LogP contribution in [0.5, 0.6) is 0 Å². The van der Waals surface area contributed by atoms with Crippen LogP contribution in [0.2, 0.25) is 0 Å². The molecule has 90 valence electrons. The summed E-state index contributed by atoms with van der Waals surface area (Å²) in [4.78, 5) is 0. The molecule has 0 aromatic carbocycles. The number of hydrogen-bond acceptors (Lipinski definition) is 4. The molecule has 1 aliphatic rings. The number of hydrogen-bond donors (Lipinski definition) is 3. The molecule has 1 fully saturated rings. The van der Waals surface area contributed by atoms with E-state index in [1.807, 2.05) is 5.48 Å². The molecule has 1 aliphatic carbocycles. The van der Waals surface area contributed by atoms with E-state index in [1.165, 1.54) is 0 Å². The lowest BCUT2D eigenvalue weighted by Crippen LogP contribution is -2.45. The van der Waals surface area contributed by atoms with Gasteiger partial charge in [-0.15, -0.1) is 0 Å². The molecule has 5 nitrogen and oxygen atoms in total. The van der Waals surface area contributed by atoms with Crippen molar-refractivity contribution in [3.8, 4) is 0 Å². The second-order valence-electron chi connectivity index (χ2n) is 4.30. The van der Waals surface area contributed by atoms with Crippen molar-refractivity contribution >= 4 is 10.1 Å². The average Bonchev–Trinajstić information content (AvgIpc) is 2.17. The van der Waals surface area contributed by atoms with Gasteiger partial charge >= 0.3 is 0 Å². The highest BCUT2D eigenvalue weighted by atomic mass is 32.2. The SMILES string of the molecule is CC(NO)C(C1CCCCC1)S(=O)(=O)O. The van der Waals surface area contributed by atoms with Gasteiger partial charge in [-0.05, 0) is 25.7 Å². The zero-order valence-electron chi connectivity index (χ0n) is 8.89. The highest BCUT2D eigenvalue weighted by molar-refractivity contribution is 7.86. The first-order valence-corrected chi connectivity index (χ1v) is 6.83. The van der Waals surface area contributed by atoms with Gasteiger partial charge in [0.2, 0.25) is 0 Å². The molecule has 0 aromatic rings. The van der Waals surface area contributed by atoms with E-state index >= 15 is 0 Å². The second kappa shape index (κ2) is 5.25. The van der Waals surface area contributed by atoms with Gasteiger partial charge in [-0.3, -0.25) is 4.55 Å². The molecule has 2 unspecified atom stereocenters. The van der Waals surface area contributed by atoms with E-state index in [1.54, 1.807) is 6.92 Å². The topological polar surface area (TPSA) is 86.6 Å². The Balaban J connectivity index is 2.80. The molecule has 1 rings (SSSR count). The molecular formula is C9H19NO4S. The molecule has 0 saturated heterocycles. The van der Waals surface area contributed by atoms with Crippen molar-refractivity contribution in [3.63, 3.8) is 0 Å². The molecule has 0 spiro atoms. The van der Waals surface area contributed by atoms with Crippen LogP contribution in [-0.4, -0.2) is 29.5 Å². The van der Waals surface area contributed by atoms with Gasteiger partial charge in [0, 0.05) is 6.04 Å². The van der Waals surface area contributed by atoms with Crippen LogP contribution in [0.4, 0.5) is 0 Å². The summed E-state index contributed by atoms with van der Waals surface area (Å²) in [5.74, 6) is -0.0524. The fraction of sp³-hybridized carbons (Fsp3) is 1.00. The third-order valence-corrected chi connectivity index (χ3v) is 4.64. The van der Waals surface area contributed by atoms with Crippen molar-refractivity contribution in [2.75, 3.05) is 0 Å². The first kappa shape index (κ1) is 12.9. The van der Waals surface area contributed by atoms with Crippen molar-refractivity contribution in [1.29, 1.82) is 0 Å². The van der Waals surface area contributed by atoms with Crippen molar-refractivity contribution in [3.05, 3.63) is 0 Å². The van der Waals surface area contributed by atoms with Gasteiger partial charge in [0.05, 0.1) is 0 Å². The Bertz CT molecular complexity index is 284. The molecule has 3 N–H and O–H groups in total. The Morgan fingerprint density at radius 2 is 1.80 bits per heavy atom. The first-order chi connectivity index (χ1) is 6.96. The van der Waals surface area contributed by atoms with E-state index in [0.29, 0.717) is 0 Å². The third kappa shape index (κ3) is 3.41. The van der Waals surface area contributed by atoms with Crippen LogP contribution in [0.15, 0.2) is 0 Å². The smallest absolute Gasteiger partial charge is 0.269 e. The summed E-state index contributed by atoms with van der Waals surface area (Å²) >= 11 is 0. The monoisotopic (exact) mass is 237 g/mol. The molecule has 2 atom stereocenters. The van der Waals surface area contributed by atoms with Gasteiger partial charge in [-0.1, -0.05) is 19.3 Å². The van der Waals surface area contributed by atoms with E-state index in [0.717, 1.165) is 32.1 Å². The maximum Gasteiger partial charge on any atom is 0.269 e. The summed E-state index contributed by atoms with van der Waals surface area (Å²) in [6.45, 7) is 1.56. The standard InChI is InChI=1S/C9H19NO4S/c1-7(10-11)9(15(12,13)14)8-5-3-2-4-6-8/h7-11H,2-6H2,1H3,(H,12,13,14). The van der Waals surface area contributed by atoms with Crippen molar-refractivity contribution < 1.29 is 18.2 Å². The van der Waals surface area contributed by atoms with Gasteiger partial charge in [-0.2, -0.15) is 8.42 Å². The Hall–Kier alpha value is -0.170. The van der Waals surface area contributed by atoms with E-state index in [2.05, 4.69) is 0 Å². The largest absolute Gasteiger partial charge is 0.317 e. The molecule has 6 heteroatoms. The fourth-order valence-corrected chi connectivity index (χ4v) is 3.78. The zero-order valence-corrected chi connectivity index (χ0v) is 9.70.